The first kappa shape index (κ1) is 30.9. The molecule has 3 aromatic heterocycles. The summed E-state index contributed by atoms with van der Waals surface area (Å²) in [5.41, 5.74) is 6.90. The molecule has 3 heterocycles. The van der Waals surface area contributed by atoms with Crippen LogP contribution < -0.4 is 5.56 Å². The van der Waals surface area contributed by atoms with Crippen molar-refractivity contribution in [2.45, 2.75) is 32.0 Å². The second-order valence-electron chi connectivity index (χ2n) is 12.3. The third-order valence-corrected chi connectivity index (χ3v) is 9.28. The average Bonchev–Trinajstić information content (AvgIpc) is 3.77. The van der Waals surface area contributed by atoms with Gasteiger partial charge in [0, 0.05) is 18.3 Å². The highest BCUT2D eigenvalue weighted by molar-refractivity contribution is 5.80. The molecule has 0 saturated heterocycles. The predicted octanol–water partition coefficient (Wildman–Crippen LogP) is 7.82. The molecule has 0 fully saturated rings. The van der Waals surface area contributed by atoms with Crippen molar-refractivity contribution in [1.82, 2.24) is 34.6 Å². The Kier molecular flexibility index (Phi) is 8.18. The summed E-state index contributed by atoms with van der Waals surface area (Å²) < 4.78 is 3.79. The molecule has 0 radical (unpaired) electrons. The number of hydrogen-bond donors (Lipinski definition) is 0. The van der Waals surface area contributed by atoms with E-state index in [1.165, 1.54) is 0 Å². The number of nitrogens with zero attached hydrogens (tertiary/aromatic N) is 7. The van der Waals surface area contributed by atoms with Crippen LogP contribution in [0.5, 0.6) is 0 Å². The molecule has 5 aromatic carbocycles. The van der Waals surface area contributed by atoms with Crippen molar-refractivity contribution in [2.24, 2.45) is 0 Å². The van der Waals surface area contributed by atoms with Gasteiger partial charge in [0.2, 0.25) is 5.82 Å². The minimum Gasteiger partial charge on any atom is -0.267 e. The molecule has 244 valence electrons. The molecule has 0 aliphatic rings. The van der Waals surface area contributed by atoms with Gasteiger partial charge in [0.25, 0.3) is 5.56 Å². The molecule has 8 rings (SSSR count). The van der Waals surface area contributed by atoms with Crippen molar-refractivity contribution in [3.63, 3.8) is 0 Å². The van der Waals surface area contributed by atoms with Crippen molar-refractivity contribution in [3.05, 3.63) is 190 Å². The number of hydrogen-bond acceptors (Lipinski definition) is 5. The van der Waals surface area contributed by atoms with Gasteiger partial charge in [0.1, 0.15) is 0 Å². The molecular formula is C42H35N7O. The summed E-state index contributed by atoms with van der Waals surface area (Å²) in [6.07, 6.45) is 2.59. The van der Waals surface area contributed by atoms with Crippen molar-refractivity contribution < 1.29 is 0 Å². The second-order valence-corrected chi connectivity index (χ2v) is 12.3. The molecule has 0 atom stereocenters. The molecule has 0 unspecified atom stereocenters. The van der Waals surface area contributed by atoms with E-state index in [1.54, 1.807) is 15.7 Å². The number of aromatic nitrogens is 7. The number of fused-ring (bicyclic) bond motifs is 1. The fourth-order valence-corrected chi connectivity index (χ4v) is 6.97. The van der Waals surface area contributed by atoms with Gasteiger partial charge in [-0.05, 0) is 57.1 Å². The van der Waals surface area contributed by atoms with Crippen LogP contribution in [0.1, 0.15) is 35.6 Å². The Morgan fingerprint density at radius 1 is 0.620 bits per heavy atom. The van der Waals surface area contributed by atoms with E-state index in [-0.39, 0.29) is 5.56 Å². The van der Waals surface area contributed by atoms with E-state index in [4.69, 9.17) is 15.4 Å². The summed E-state index contributed by atoms with van der Waals surface area (Å²) in [6, 6.07) is 51.3. The van der Waals surface area contributed by atoms with Gasteiger partial charge < -0.3 is 0 Å². The number of rotatable bonds is 10. The average molecular weight is 654 g/mol. The Balaban J connectivity index is 1.19. The summed E-state index contributed by atoms with van der Waals surface area (Å²) >= 11 is 0. The molecule has 0 aliphatic carbocycles. The molecule has 0 saturated carbocycles. The van der Waals surface area contributed by atoms with Gasteiger partial charge in [0.05, 0.1) is 11.9 Å². The summed E-state index contributed by atoms with van der Waals surface area (Å²) in [5, 5.41) is 15.3. The zero-order chi connectivity index (χ0) is 33.9. The fraction of sp³-hybridized carbons (Fsp3) is 0.119. The first-order valence-corrected chi connectivity index (χ1v) is 16.9. The van der Waals surface area contributed by atoms with Gasteiger partial charge in [0.15, 0.2) is 11.2 Å². The monoisotopic (exact) mass is 653 g/mol. The van der Waals surface area contributed by atoms with Gasteiger partial charge in [-0.1, -0.05) is 146 Å². The molecule has 8 aromatic rings. The number of pyridine rings is 1. The SMILES string of the molecule is CCCn1c(=O)c2cccnc2n1Cc1ccc(-c2ccccc2-c2nnn(C(c3ccccc3)(c3ccccc3)c3ccccc3)n2)cc1. The Morgan fingerprint density at radius 2 is 1.20 bits per heavy atom. The Hall–Kier alpha value is -6.41. The topological polar surface area (TPSA) is 83.4 Å². The van der Waals surface area contributed by atoms with Gasteiger partial charge in [-0.25, -0.2) is 9.67 Å². The lowest BCUT2D eigenvalue weighted by atomic mass is 9.77. The van der Waals surface area contributed by atoms with Crippen LogP contribution in [0.3, 0.4) is 0 Å². The van der Waals surface area contributed by atoms with Crippen LogP contribution in [-0.2, 0) is 18.6 Å². The van der Waals surface area contributed by atoms with E-state index in [2.05, 4.69) is 78.6 Å². The van der Waals surface area contributed by atoms with Gasteiger partial charge in [-0.3, -0.25) is 9.48 Å². The van der Waals surface area contributed by atoms with Crippen molar-refractivity contribution in [1.29, 1.82) is 0 Å². The molecule has 0 N–H and O–H groups in total. The zero-order valence-electron chi connectivity index (χ0n) is 27.7. The minimum atomic E-state index is -0.859. The lowest BCUT2D eigenvalue weighted by molar-refractivity contribution is 0.396. The maximum Gasteiger partial charge on any atom is 0.276 e. The van der Waals surface area contributed by atoms with Crippen LogP contribution in [0.15, 0.2) is 163 Å². The predicted molar refractivity (Wildman–Crippen MR) is 197 cm³/mol. The lowest BCUT2D eigenvalue weighted by Gasteiger charge is -2.34. The van der Waals surface area contributed by atoms with Gasteiger partial charge >= 0.3 is 0 Å². The molecule has 0 aliphatic heterocycles. The van der Waals surface area contributed by atoms with E-state index in [1.807, 2.05) is 89.6 Å². The van der Waals surface area contributed by atoms with E-state index in [0.717, 1.165) is 45.4 Å². The fourth-order valence-electron chi connectivity index (χ4n) is 6.97. The summed E-state index contributed by atoms with van der Waals surface area (Å²) in [5.74, 6) is 0.533. The highest BCUT2D eigenvalue weighted by Gasteiger charge is 2.41. The first-order chi connectivity index (χ1) is 24.7. The Bertz CT molecular complexity index is 2330. The van der Waals surface area contributed by atoms with Crippen LogP contribution >= 0.6 is 0 Å². The molecule has 0 amide bonds. The Labute approximate surface area is 289 Å². The van der Waals surface area contributed by atoms with E-state index >= 15 is 0 Å². The number of benzene rings is 5. The maximum absolute atomic E-state index is 13.1. The molecular weight excluding hydrogens is 619 g/mol. The molecule has 50 heavy (non-hydrogen) atoms. The largest absolute Gasteiger partial charge is 0.276 e. The molecule has 8 heteroatoms. The minimum absolute atomic E-state index is 0.00291. The lowest BCUT2D eigenvalue weighted by Crippen LogP contribution is -2.39. The van der Waals surface area contributed by atoms with Gasteiger partial charge in [-0.2, -0.15) is 0 Å². The molecule has 0 bridgehead atoms. The van der Waals surface area contributed by atoms with Crippen LogP contribution in [0.25, 0.3) is 33.5 Å². The quantitative estimate of drug-likeness (QED) is 0.141. The molecule has 0 spiro atoms. The van der Waals surface area contributed by atoms with E-state index < -0.39 is 5.54 Å². The maximum atomic E-state index is 13.1. The normalized spacial score (nSPS) is 11.6. The van der Waals surface area contributed by atoms with E-state index in [0.29, 0.717) is 29.9 Å². The second kappa shape index (κ2) is 13.2. The summed E-state index contributed by atoms with van der Waals surface area (Å²) in [4.78, 5) is 19.4. The Morgan fingerprint density at radius 3 is 1.80 bits per heavy atom. The summed E-state index contributed by atoms with van der Waals surface area (Å²) in [6.45, 7) is 3.25. The standard InChI is InChI=1S/C42H35N7O/c1-2-29-47-41(50)38-23-14-28-43-40(38)48(47)30-31-24-26-32(27-25-31)36-21-12-13-22-37(36)39-44-46-49(45-39)42(33-15-6-3-7-16-33,34-17-8-4-9-18-34)35-19-10-5-11-20-35/h3-28H,2,29-30H2,1H3. The van der Waals surface area contributed by atoms with Crippen molar-refractivity contribution in [2.75, 3.05) is 0 Å². The smallest absolute Gasteiger partial charge is 0.267 e. The van der Waals surface area contributed by atoms with Crippen LogP contribution in [0, 0.1) is 0 Å². The van der Waals surface area contributed by atoms with Crippen LogP contribution in [-0.4, -0.2) is 34.6 Å². The van der Waals surface area contributed by atoms with Crippen molar-refractivity contribution in [3.8, 4) is 22.5 Å². The third kappa shape index (κ3) is 5.31. The molecule has 8 nitrogen and oxygen atoms in total. The van der Waals surface area contributed by atoms with Gasteiger partial charge in [-0.15, -0.1) is 15.0 Å². The number of tetrazole rings is 1. The highest BCUT2D eigenvalue weighted by atomic mass is 16.1. The highest BCUT2D eigenvalue weighted by Crippen LogP contribution is 2.40. The first-order valence-electron chi connectivity index (χ1n) is 16.9. The van der Waals surface area contributed by atoms with Crippen molar-refractivity contribution >= 4 is 11.0 Å². The van der Waals surface area contributed by atoms with Crippen LogP contribution in [0.4, 0.5) is 0 Å². The van der Waals surface area contributed by atoms with E-state index in [9.17, 15) is 4.79 Å². The van der Waals surface area contributed by atoms with Crippen LogP contribution in [0.2, 0.25) is 0 Å². The summed E-state index contributed by atoms with van der Waals surface area (Å²) in [7, 11) is 0. The third-order valence-electron chi connectivity index (χ3n) is 9.28. The zero-order valence-corrected chi connectivity index (χ0v) is 27.7.